The minimum absolute atomic E-state index is 0.0349. The number of benzene rings is 1. The highest BCUT2D eigenvalue weighted by Crippen LogP contribution is 2.19. The number of aromatic nitrogens is 1. The Morgan fingerprint density at radius 2 is 1.83 bits per heavy atom. The highest BCUT2D eigenvalue weighted by molar-refractivity contribution is 7.88. The van der Waals surface area contributed by atoms with E-state index in [1.54, 1.807) is 18.3 Å². The minimum Gasteiger partial charge on any atom is -0.395 e. The second-order valence-electron chi connectivity index (χ2n) is 4.87. The first-order valence-electron chi connectivity index (χ1n) is 6.84. The fourth-order valence-electron chi connectivity index (χ4n) is 2.07. The number of aliphatic hydroxyl groups excluding tert-OH is 1. The summed E-state index contributed by atoms with van der Waals surface area (Å²) in [5.74, 6) is -2.65. The molecule has 23 heavy (non-hydrogen) atoms. The molecule has 0 fully saturated rings. The van der Waals surface area contributed by atoms with Gasteiger partial charge in [-0.15, -0.1) is 0 Å². The topological polar surface area (TPSA) is 70.5 Å². The van der Waals surface area contributed by atoms with Crippen LogP contribution in [0.1, 0.15) is 11.1 Å². The van der Waals surface area contributed by atoms with Crippen LogP contribution in [0.3, 0.4) is 0 Å². The molecule has 0 saturated heterocycles. The molecule has 2 aromatic rings. The fourth-order valence-corrected chi connectivity index (χ4v) is 3.60. The van der Waals surface area contributed by atoms with Crippen molar-refractivity contribution in [2.45, 2.75) is 12.3 Å². The van der Waals surface area contributed by atoms with Gasteiger partial charge in [0.05, 0.1) is 12.4 Å². The van der Waals surface area contributed by atoms with E-state index >= 15 is 0 Å². The van der Waals surface area contributed by atoms with Crippen molar-refractivity contribution in [3.8, 4) is 0 Å². The molecule has 1 aromatic carbocycles. The molecule has 5 nitrogen and oxygen atoms in total. The van der Waals surface area contributed by atoms with E-state index in [2.05, 4.69) is 4.98 Å². The number of aliphatic hydroxyl groups is 1. The van der Waals surface area contributed by atoms with Crippen LogP contribution in [0.4, 0.5) is 8.78 Å². The van der Waals surface area contributed by atoms with Gasteiger partial charge in [-0.2, -0.15) is 4.31 Å². The third kappa shape index (κ3) is 4.54. The van der Waals surface area contributed by atoms with Gasteiger partial charge in [0.25, 0.3) is 0 Å². The molecule has 0 bridgehead atoms. The monoisotopic (exact) mass is 342 g/mol. The number of rotatable bonds is 7. The van der Waals surface area contributed by atoms with Crippen LogP contribution >= 0.6 is 0 Å². The summed E-state index contributed by atoms with van der Waals surface area (Å²) in [5, 5.41) is 9.08. The first-order chi connectivity index (χ1) is 10.9. The Morgan fingerprint density at radius 3 is 2.39 bits per heavy atom. The third-order valence-electron chi connectivity index (χ3n) is 3.21. The smallest absolute Gasteiger partial charge is 0.218 e. The van der Waals surface area contributed by atoms with Gasteiger partial charge in [-0.25, -0.2) is 17.2 Å². The number of pyridine rings is 1. The molecule has 0 aliphatic rings. The number of hydrogen-bond donors (Lipinski definition) is 1. The summed E-state index contributed by atoms with van der Waals surface area (Å²) in [7, 11) is -4.02. The molecular weight excluding hydrogens is 326 g/mol. The zero-order chi connectivity index (χ0) is 16.9. The number of halogens is 2. The van der Waals surface area contributed by atoms with Gasteiger partial charge in [0, 0.05) is 31.0 Å². The van der Waals surface area contributed by atoms with Crippen molar-refractivity contribution in [3.05, 3.63) is 65.5 Å². The molecule has 0 amide bonds. The van der Waals surface area contributed by atoms with Gasteiger partial charge in [-0.3, -0.25) is 4.98 Å². The second kappa shape index (κ2) is 7.58. The third-order valence-corrected chi connectivity index (χ3v) is 4.96. The lowest BCUT2D eigenvalue weighted by molar-refractivity contribution is 0.250. The lowest BCUT2D eigenvalue weighted by Crippen LogP contribution is -2.34. The Hall–Kier alpha value is -1.90. The van der Waals surface area contributed by atoms with Gasteiger partial charge in [-0.1, -0.05) is 12.1 Å². The number of hydrogen-bond acceptors (Lipinski definition) is 4. The van der Waals surface area contributed by atoms with Crippen LogP contribution in [0.25, 0.3) is 0 Å². The first-order valence-corrected chi connectivity index (χ1v) is 8.45. The highest BCUT2D eigenvalue weighted by Gasteiger charge is 2.25. The van der Waals surface area contributed by atoms with Gasteiger partial charge < -0.3 is 5.11 Å². The van der Waals surface area contributed by atoms with E-state index < -0.39 is 39.6 Å². The average molecular weight is 342 g/mol. The fraction of sp³-hybridized carbons (Fsp3) is 0.267. The van der Waals surface area contributed by atoms with Crippen LogP contribution in [-0.4, -0.2) is 36.0 Å². The molecule has 1 N–H and O–H groups in total. The van der Waals surface area contributed by atoms with Gasteiger partial charge in [0.15, 0.2) is 0 Å². The summed E-state index contributed by atoms with van der Waals surface area (Å²) >= 11 is 0. The summed E-state index contributed by atoms with van der Waals surface area (Å²) in [6, 6.07) is 6.50. The average Bonchev–Trinajstić information content (AvgIpc) is 2.52. The maximum atomic E-state index is 13.7. The van der Waals surface area contributed by atoms with Gasteiger partial charge >= 0.3 is 0 Å². The Balaban J connectivity index is 2.26. The first kappa shape index (κ1) is 17.5. The predicted octanol–water partition coefficient (Wildman–Crippen LogP) is 1.68. The van der Waals surface area contributed by atoms with Crippen LogP contribution in [0.2, 0.25) is 0 Å². The molecule has 0 aliphatic heterocycles. The molecule has 0 unspecified atom stereocenters. The molecule has 124 valence electrons. The molecule has 1 heterocycles. The molecule has 0 atom stereocenters. The zero-order valence-electron chi connectivity index (χ0n) is 12.2. The van der Waals surface area contributed by atoms with E-state index in [1.807, 2.05) is 0 Å². The van der Waals surface area contributed by atoms with Crippen molar-refractivity contribution in [1.82, 2.24) is 9.29 Å². The maximum Gasteiger partial charge on any atom is 0.218 e. The van der Waals surface area contributed by atoms with Crippen molar-refractivity contribution in [2.24, 2.45) is 0 Å². The molecule has 0 spiro atoms. The zero-order valence-corrected chi connectivity index (χ0v) is 13.0. The van der Waals surface area contributed by atoms with E-state index in [9.17, 15) is 17.2 Å². The number of nitrogens with zero attached hydrogens (tertiary/aromatic N) is 2. The Bertz CT molecular complexity index is 734. The lowest BCUT2D eigenvalue weighted by Gasteiger charge is -2.21. The quantitative estimate of drug-likeness (QED) is 0.831. The van der Waals surface area contributed by atoms with Crippen LogP contribution in [0.5, 0.6) is 0 Å². The summed E-state index contributed by atoms with van der Waals surface area (Å²) in [4.78, 5) is 3.89. The summed E-state index contributed by atoms with van der Waals surface area (Å²) in [5.41, 5.74) is 0.0974. The van der Waals surface area contributed by atoms with E-state index in [1.165, 1.54) is 12.3 Å². The van der Waals surface area contributed by atoms with Gasteiger partial charge in [0.2, 0.25) is 10.0 Å². The summed E-state index contributed by atoms with van der Waals surface area (Å²) < 4.78 is 53.3. The van der Waals surface area contributed by atoms with Crippen molar-refractivity contribution < 1.29 is 22.3 Å². The molecule has 0 radical (unpaired) electrons. The van der Waals surface area contributed by atoms with Crippen LogP contribution in [0, 0.1) is 11.6 Å². The minimum atomic E-state index is -4.02. The Morgan fingerprint density at radius 1 is 1.13 bits per heavy atom. The van der Waals surface area contributed by atoms with Gasteiger partial charge in [0.1, 0.15) is 11.6 Å². The number of sulfonamides is 1. The van der Waals surface area contributed by atoms with E-state index in [4.69, 9.17) is 5.11 Å². The molecule has 0 aliphatic carbocycles. The molecule has 0 saturated carbocycles. The molecule has 2 rings (SSSR count). The van der Waals surface area contributed by atoms with Gasteiger partial charge in [-0.05, 0) is 23.8 Å². The van der Waals surface area contributed by atoms with Crippen molar-refractivity contribution >= 4 is 10.0 Å². The largest absolute Gasteiger partial charge is 0.395 e. The second-order valence-corrected chi connectivity index (χ2v) is 6.84. The van der Waals surface area contributed by atoms with Crippen molar-refractivity contribution in [2.75, 3.05) is 13.2 Å². The normalized spacial score (nSPS) is 11.8. The van der Waals surface area contributed by atoms with Crippen LogP contribution in [-0.2, 0) is 22.3 Å². The summed E-state index contributed by atoms with van der Waals surface area (Å²) in [6.07, 6.45) is 3.03. The van der Waals surface area contributed by atoms with Crippen LogP contribution < -0.4 is 0 Å². The van der Waals surface area contributed by atoms with Crippen LogP contribution in [0.15, 0.2) is 42.7 Å². The Labute approximate surface area is 133 Å². The van der Waals surface area contributed by atoms with E-state index in [-0.39, 0.29) is 13.1 Å². The van der Waals surface area contributed by atoms with Crippen molar-refractivity contribution in [1.29, 1.82) is 0 Å². The molecule has 8 heteroatoms. The molecule has 1 aromatic heterocycles. The van der Waals surface area contributed by atoms with Crippen molar-refractivity contribution in [3.63, 3.8) is 0 Å². The Kier molecular flexibility index (Phi) is 5.75. The highest BCUT2D eigenvalue weighted by atomic mass is 32.2. The molecular formula is C15H16F2N2O3S. The maximum absolute atomic E-state index is 13.7. The van der Waals surface area contributed by atoms with E-state index in [0.29, 0.717) is 5.56 Å². The van der Waals surface area contributed by atoms with E-state index in [0.717, 1.165) is 16.4 Å². The lowest BCUT2D eigenvalue weighted by atomic mass is 10.2. The predicted molar refractivity (Wildman–Crippen MR) is 80.7 cm³/mol. The standard InChI is InChI=1S/C15H16F2N2O3S/c16-14-4-1-5-15(17)13(14)11-23(21,22)19(7-8-20)10-12-3-2-6-18-9-12/h1-6,9,20H,7-8,10-11H2. The summed E-state index contributed by atoms with van der Waals surface area (Å²) in [6.45, 7) is -0.612. The SMILES string of the molecule is O=S(=O)(Cc1c(F)cccc1F)N(CCO)Cc1cccnc1.